The summed E-state index contributed by atoms with van der Waals surface area (Å²) >= 11 is 0. The van der Waals surface area contributed by atoms with Crippen LogP contribution in [0.25, 0.3) is 0 Å². The SMILES string of the molecule is CC(C)(C)Oc1ccc(N)c(OCC2CC2)n1. The first-order valence-corrected chi connectivity index (χ1v) is 6.02. The maximum atomic E-state index is 5.82. The van der Waals surface area contributed by atoms with Crippen LogP contribution in [0.5, 0.6) is 11.8 Å². The van der Waals surface area contributed by atoms with Crippen molar-refractivity contribution in [3.05, 3.63) is 12.1 Å². The van der Waals surface area contributed by atoms with Gasteiger partial charge in [-0.15, -0.1) is 0 Å². The third kappa shape index (κ3) is 3.80. The molecule has 0 radical (unpaired) electrons. The minimum Gasteiger partial charge on any atom is -0.476 e. The van der Waals surface area contributed by atoms with E-state index < -0.39 is 0 Å². The average molecular weight is 236 g/mol. The predicted molar refractivity (Wildman–Crippen MR) is 67.2 cm³/mol. The molecule has 2 N–H and O–H groups in total. The van der Waals surface area contributed by atoms with Gasteiger partial charge in [-0.25, -0.2) is 0 Å². The molecule has 0 bridgehead atoms. The van der Waals surface area contributed by atoms with Gasteiger partial charge < -0.3 is 15.2 Å². The summed E-state index contributed by atoms with van der Waals surface area (Å²) in [5.74, 6) is 1.72. The van der Waals surface area contributed by atoms with Gasteiger partial charge in [-0.3, -0.25) is 0 Å². The van der Waals surface area contributed by atoms with Gasteiger partial charge in [0, 0.05) is 6.07 Å². The number of ether oxygens (including phenoxy) is 2. The number of nitrogens with zero attached hydrogens (tertiary/aromatic N) is 1. The van der Waals surface area contributed by atoms with Gasteiger partial charge in [0.1, 0.15) is 5.60 Å². The molecular weight excluding hydrogens is 216 g/mol. The molecular formula is C13H20N2O2. The molecule has 0 spiro atoms. The fourth-order valence-electron chi connectivity index (χ4n) is 1.40. The molecule has 4 heteroatoms. The summed E-state index contributed by atoms with van der Waals surface area (Å²) in [6, 6.07) is 3.54. The van der Waals surface area contributed by atoms with E-state index in [1.165, 1.54) is 12.8 Å². The van der Waals surface area contributed by atoms with Gasteiger partial charge in [-0.05, 0) is 45.6 Å². The normalized spacial score (nSPS) is 15.7. The number of pyridine rings is 1. The molecule has 0 atom stereocenters. The van der Waals surface area contributed by atoms with Gasteiger partial charge >= 0.3 is 0 Å². The van der Waals surface area contributed by atoms with Crippen molar-refractivity contribution in [1.82, 2.24) is 4.98 Å². The van der Waals surface area contributed by atoms with Gasteiger partial charge in [0.25, 0.3) is 0 Å². The molecule has 94 valence electrons. The molecule has 0 aromatic carbocycles. The topological polar surface area (TPSA) is 57.4 Å². The van der Waals surface area contributed by atoms with Gasteiger partial charge in [0.2, 0.25) is 11.8 Å². The maximum Gasteiger partial charge on any atom is 0.240 e. The molecule has 0 amide bonds. The highest BCUT2D eigenvalue weighted by molar-refractivity contribution is 5.49. The largest absolute Gasteiger partial charge is 0.476 e. The van der Waals surface area contributed by atoms with E-state index in [4.69, 9.17) is 15.2 Å². The van der Waals surface area contributed by atoms with Crippen molar-refractivity contribution >= 4 is 5.69 Å². The summed E-state index contributed by atoms with van der Waals surface area (Å²) in [7, 11) is 0. The lowest BCUT2D eigenvalue weighted by atomic mass is 10.2. The lowest BCUT2D eigenvalue weighted by molar-refractivity contribution is 0.122. The van der Waals surface area contributed by atoms with E-state index >= 15 is 0 Å². The summed E-state index contributed by atoms with van der Waals surface area (Å²) in [5.41, 5.74) is 6.11. The van der Waals surface area contributed by atoms with Crippen LogP contribution < -0.4 is 15.2 Å². The summed E-state index contributed by atoms with van der Waals surface area (Å²) < 4.78 is 11.3. The first kappa shape index (κ1) is 12.0. The zero-order valence-corrected chi connectivity index (χ0v) is 10.7. The van der Waals surface area contributed by atoms with Crippen LogP contribution in [0, 0.1) is 5.92 Å². The van der Waals surface area contributed by atoms with Crippen molar-refractivity contribution in [2.75, 3.05) is 12.3 Å². The lowest BCUT2D eigenvalue weighted by Crippen LogP contribution is -2.23. The number of nitrogens with two attached hydrogens (primary N) is 1. The average Bonchev–Trinajstić information content (AvgIpc) is 3.00. The van der Waals surface area contributed by atoms with E-state index in [1.807, 2.05) is 20.8 Å². The van der Waals surface area contributed by atoms with Gasteiger partial charge in [-0.1, -0.05) is 0 Å². The predicted octanol–water partition coefficient (Wildman–Crippen LogP) is 2.63. The zero-order chi connectivity index (χ0) is 12.5. The molecule has 1 aromatic heterocycles. The number of aromatic nitrogens is 1. The first-order chi connectivity index (χ1) is 7.94. The number of anilines is 1. The van der Waals surface area contributed by atoms with Gasteiger partial charge in [0.05, 0.1) is 12.3 Å². The van der Waals surface area contributed by atoms with Crippen LogP contribution in [0.2, 0.25) is 0 Å². The van der Waals surface area contributed by atoms with E-state index in [-0.39, 0.29) is 5.60 Å². The molecule has 1 aliphatic rings. The molecule has 1 fully saturated rings. The second-order valence-electron chi connectivity index (χ2n) is 5.51. The standard InChI is InChI=1S/C13H20N2O2/c1-13(2,3)17-11-7-6-10(14)12(15-11)16-8-9-4-5-9/h6-7,9H,4-5,8,14H2,1-3H3. The molecule has 0 aliphatic heterocycles. The van der Waals surface area contributed by atoms with Crippen molar-refractivity contribution in [3.63, 3.8) is 0 Å². The van der Waals surface area contributed by atoms with Crippen LogP contribution >= 0.6 is 0 Å². The lowest BCUT2D eigenvalue weighted by Gasteiger charge is -2.20. The Morgan fingerprint density at radius 2 is 2.06 bits per heavy atom. The molecule has 17 heavy (non-hydrogen) atoms. The second kappa shape index (κ2) is 4.43. The van der Waals surface area contributed by atoms with Crippen LogP contribution in [0.4, 0.5) is 5.69 Å². The van der Waals surface area contributed by atoms with E-state index in [0.29, 0.717) is 30.0 Å². The molecule has 1 heterocycles. The highest BCUT2D eigenvalue weighted by Crippen LogP contribution is 2.31. The minimum atomic E-state index is -0.267. The van der Waals surface area contributed by atoms with Crippen LogP contribution in [0.15, 0.2) is 12.1 Å². The Morgan fingerprint density at radius 3 is 2.65 bits per heavy atom. The van der Waals surface area contributed by atoms with Gasteiger partial charge in [-0.2, -0.15) is 4.98 Å². The molecule has 0 saturated heterocycles. The smallest absolute Gasteiger partial charge is 0.240 e. The number of rotatable bonds is 4. The Balaban J connectivity index is 2.05. The van der Waals surface area contributed by atoms with Crippen molar-refractivity contribution in [2.24, 2.45) is 5.92 Å². The van der Waals surface area contributed by atoms with E-state index in [1.54, 1.807) is 12.1 Å². The number of hydrogen-bond donors (Lipinski definition) is 1. The van der Waals surface area contributed by atoms with Crippen LogP contribution in [-0.2, 0) is 0 Å². The van der Waals surface area contributed by atoms with E-state index in [0.717, 1.165) is 0 Å². The van der Waals surface area contributed by atoms with E-state index in [2.05, 4.69) is 4.98 Å². The van der Waals surface area contributed by atoms with Crippen molar-refractivity contribution < 1.29 is 9.47 Å². The molecule has 1 aliphatic carbocycles. The Hall–Kier alpha value is -1.45. The van der Waals surface area contributed by atoms with E-state index in [9.17, 15) is 0 Å². The van der Waals surface area contributed by atoms with Crippen LogP contribution in [-0.4, -0.2) is 17.2 Å². The Bertz CT molecular complexity index is 395. The Labute approximate surface area is 102 Å². The van der Waals surface area contributed by atoms with Crippen molar-refractivity contribution in [2.45, 2.75) is 39.2 Å². The van der Waals surface area contributed by atoms with Crippen LogP contribution in [0.3, 0.4) is 0 Å². The summed E-state index contributed by atoms with van der Waals surface area (Å²) in [4.78, 5) is 4.29. The maximum absolute atomic E-state index is 5.82. The molecule has 2 rings (SSSR count). The quantitative estimate of drug-likeness (QED) is 0.873. The van der Waals surface area contributed by atoms with Gasteiger partial charge in [0.15, 0.2) is 0 Å². The summed E-state index contributed by atoms with van der Waals surface area (Å²) in [6.45, 7) is 6.65. The summed E-state index contributed by atoms with van der Waals surface area (Å²) in [6.07, 6.45) is 2.50. The highest BCUT2D eigenvalue weighted by atomic mass is 16.5. The molecule has 1 saturated carbocycles. The first-order valence-electron chi connectivity index (χ1n) is 6.02. The highest BCUT2D eigenvalue weighted by Gasteiger charge is 2.23. The minimum absolute atomic E-state index is 0.267. The third-order valence-electron chi connectivity index (χ3n) is 2.43. The fraction of sp³-hybridized carbons (Fsp3) is 0.615. The zero-order valence-electron chi connectivity index (χ0n) is 10.7. The second-order valence-corrected chi connectivity index (χ2v) is 5.51. The number of hydrogen-bond acceptors (Lipinski definition) is 4. The molecule has 0 unspecified atom stereocenters. The van der Waals surface area contributed by atoms with Crippen LogP contribution in [0.1, 0.15) is 33.6 Å². The number of nitrogen functional groups attached to an aromatic ring is 1. The molecule has 4 nitrogen and oxygen atoms in total. The van der Waals surface area contributed by atoms with Crippen molar-refractivity contribution in [3.8, 4) is 11.8 Å². The third-order valence-corrected chi connectivity index (χ3v) is 2.43. The van der Waals surface area contributed by atoms with Crippen molar-refractivity contribution in [1.29, 1.82) is 0 Å². The molecule has 1 aromatic rings. The Kier molecular flexibility index (Phi) is 3.13. The summed E-state index contributed by atoms with van der Waals surface area (Å²) in [5, 5.41) is 0. The Morgan fingerprint density at radius 1 is 1.35 bits per heavy atom. The fourth-order valence-corrected chi connectivity index (χ4v) is 1.40. The monoisotopic (exact) mass is 236 g/mol.